The summed E-state index contributed by atoms with van der Waals surface area (Å²) < 4.78 is 86.7. The number of alkyl carbamates (subject to hydrolysis) is 1. The second-order valence-electron chi connectivity index (χ2n) is 18.0. The van der Waals surface area contributed by atoms with Gasteiger partial charge >= 0.3 is 11.3 Å². The van der Waals surface area contributed by atoms with Crippen LogP contribution in [-0.2, 0) is 49.5 Å². The van der Waals surface area contributed by atoms with Crippen molar-refractivity contribution in [2.75, 3.05) is 64.3 Å². The summed E-state index contributed by atoms with van der Waals surface area (Å²) in [7, 11) is -4.58. The topological polar surface area (TPSA) is 250 Å². The first-order valence-electron chi connectivity index (χ1n) is 21.4. The number of hydrogen-bond acceptors (Lipinski definition) is 14. The number of sulfonamides is 1. The summed E-state index contributed by atoms with van der Waals surface area (Å²) in [5, 5.41) is 19.0. The summed E-state index contributed by atoms with van der Waals surface area (Å²) in [4.78, 5) is 24.3. The van der Waals surface area contributed by atoms with E-state index in [-0.39, 0.29) is 48.6 Å². The number of aliphatic hydroxyl groups excluding tert-OH is 1. The van der Waals surface area contributed by atoms with Crippen LogP contribution in [0.4, 0.5) is 15.3 Å². The number of carbonyl (C=O) groups is 2. The van der Waals surface area contributed by atoms with Gasteiger partial charge in [0.05, 0.1) is 42.4 Å². The molecule has 2 saturated heterocycles. The first-order valence-corrected chi connectivity index (χ1v) is 27.4. The van der Waals surface area contributed by atoms with Crippen molar-refractivity contribution in [2.45, 2.75) is 110 Å². The number of nitrogens with two attached hydrogens (primary N) is 1. The monoisotopic (exact) mass is 981 g/mol. The number of ether oxygens (including phenoxy) is 3. The third kappa shape index (κ3) is 20.6. The molecule has 5 atom stereocenters. The van der Waals surface area contributed by atoms with Crippen LogP contribution in [0.3, 0.4) is 0 Å². The molecular formula is C43H72ClN5O12S3. The quantitative estimate of drug-likeness (QED) is 0.0831. The lowest BCUT2D eigenvalue weighted by Gasteiger charge is -2.35. The number of nitrogens with zero attached hydrogens (tertiary/aromatic N) is 1. The molecule has 0 aliphatic carbocycles. The lowest BCUT2D eigenvalue weighted by Crippen LogP contribution is -2.52. The molecule has 0 bridgehead atoms. The van der Waals surface area contributed by atoms with E-state index in [0.29, 0.717) is 37.7 Å². The van der Waals surface area contributed by atoms with Crippen LogP contribution >= 0.6 is 10.7 Å². The number of rotatable bonds is 20. The van der Waals surface area contributed by atoms with Gasteiger partial charge in [-0.15, -0.1) is 0 Å². The average molecular weight is 983 g/mol. The van der Waals surface area contributed by atoms with Gasteiger partial charge in [-0.1, -0.05) is 77.9 Å². The highest BCUT2D eigenvalue weighted by Crippen LogP contribution is 2.34. The van der Waals surface area contributed by atoms with E-state index in [1.54, 1.807) is 31.3 Å². The van der Waals surface area contributed by atoms with Crippen LogP contribution in [0.2, 0.25) is 0 Å². The second kappa shape index (κ2) is 25.7. The molecule has 2 heterocycles. The van der Waals surface area contributed by atoms with Gasteiger partial charge in [0.1, 0.15) is 6.10 Å². The number of anilines is 1. The van der Waals surface area contributed by atoms with Crippen LogP contribution < -0.4 is 21.7 Å². The minimum atomic E-state index is -4.02. The van der Waals surface area contributed by atoms with Crippen molar-refractivity contribution in [1.29, 1.82) is 0 Å². The minimum Gasteiger partial charge on any atom is -0.443 e. The third-order valence-electron chi connectivity index (χ3n) is 11.3. The summed E-state index contributed by atoms with van der Waals surface area (Å²) in [6, 6.07) is 15.2. The van der Waals surface area contributed by atoms with E-state index in [2.05, 4.69) is 54.3 Å². The molecule has 366 valence electrons. The number of nitrogens with one attached hydrogen (secondary N) is 3. The zero-order valence-electron chi connectivity index (χ0n) is 38.7. The number of fused-ring (bicyclic) bond motifs is 1. The van der Waals surface area contributed by atoms with Gasteiger partial charge in [0.15, 0.2) is 6.29 Å². The maximum Gasteiger partial charge on any atom is 0.407 e. The molecule has 0 saturated carbocycles. The zero-order chi connectivity index (χ0) is 48.5. The Balaban J connectivity index is 0.000000557. The van der Waals surface area contributed by atoms with Crippen LogP contribution in [-0.4, -0.2) is 129 Å². The highest BCUT2D eigenvalue weighted by Gasteiger charge is 2.44. The molecule has 0 radical (unpaired) electrons. The highest BCUT2D eigenvalue weighted by molar-refractivity contribution is 8.13. The lowest BCUT2D eigenvalue weighted by molar-refractivity contribution is -0.0907. The Kier molecular flexibility index (Phi) is 22.9. The van der Waals surface area contributed by atoms with Crippen molar-refractivity contribution < 1.29 is 54.2 Å². The van der Waals surface area contributed by atoms with E-state index in [1.807, 2.05) is 44.2 Å². The van der Waals surface area contributed by atoms with Gasteiger partial charge in [0.25, 0.3) is 0 Å². The molecule has 64 heavy (non-hydrogen) atoms. The summed E-state index contributed by atoms with van der Waals surface area (Å²) in [5.41, 5.74) is 7.08. The smallest absolute Gasteiger partial charge is 0.407 e. The number of benzene rings is 2. The number of carbonyl (C=O) groups excluding carboxylic acids is 2. The number of halogens is 1. The van der Waals surface area contributed by atoms with Crippen molar-refractivity contribution in [3.63, 3.8) is 0 Å². The predicted molar refractivity (Wildman–Crippen MR) is 251 cm³/mol. The maximum atomic E-state index is 14.1. The molecule has 4 rings (SSSR count). The number of hydrogen-bond donors (Lipinski definition) is 5. The van der Waals surface area contributed by atoms with E-state index in [9.17, 15) is 39.9 Å². The molecule has 2 aliphatic rings. The van der Waals surface area contributed by atoms with Crippen LogP contribution in [0.15, 0.2) is 59.5 Å². The molecule has 21 heteroatoms. The van der Waals surface area contributed by atoms with E-state index >= 15 is 0 Å². The molecule has 0 unspecified atom stereocenters. The van der Waals surface area contributed by atoms with Crippen molar-refractivity contribution in [3.8, 4) is 0 Å². The molecule has 2 aliphatic heterocycles. The van der Waals surface area contributed by atoms with Crippen LogP contribution in [0.25, 0.3) is 0 Å². The standard InChI is InChI=1S/C31H46N4O7S.C11H23NO3S.CH3ClO2S/c1-31(2,14-8-15-32)21-35(43(38,39)24-12-7-11-23(18-24)33-3)19-27(36)26(17-22-9-5-4-6-10-22)34-30(37)42-28-20-41-29-25(28)13-16-40-29;1-9(2)11(3,4)7-6-8-12-10(13)16(5,14)15;1-5(2,3)4/h4-7,9-12,18,25-29,33,36H,8,13-17,19-21,32H2,1-3H3,(H,34,37);9H,6-8H2,1-5H3,(H,12,13);1H3/t25-,26-,27+,28-,29+;;/m0../s1. The fraction of sp³-hybridized carbons (Fsp3) is 0.674. The normalized spacial score (nSPS) is 18.8. The van der Waals surface area contributed by atoms with E-state index in [4.69, 9.17) is 19.9 Å². The molecular weight excluding hydrogens is 910 g/mol. The highest BCUT2D eigenvalue weighted by atomic mass is 35.7. The van der Waals surface area contributed by atoms with E-state index in [1.165, 1.54) is 4.31 Å². The minimum absolute atomic E-state index is 0.0343. The van der Waals surface area contributed by atoms with Crippen molar-refractivity contribution in [2.24, 2.45) is 28.4 Å². The van der Waals surface area contributed by atoms with E-state index in [0.717, 1.165) is 43.8 Å². The van der Waals surface area contributed by atoms with Crippen LogP contribution in [0.5, 0.6) is 0 Å². The third-order valence-corrected chi connectivity index (χ3v) is 13.9. The Bertz CT molecular complexity index is 2090. The van der Waals surface area contributed by atoms with Gasteiger partial charge < -0.3 is 41.0 Å². The van der Waals surface area contributed by atoms with Gasteiger partial charge in [-0.25, -0.2) is 30.0 Å². The first-order chi connectivity index (χ1) is 29.6. The molecule has 2 amide bonds. The van der Waals surface area contributed by atoms with Crippen LogP contribution in [0.1, 0.15) is 79.2 Å². The zero-order valence-corrected chi connectivity index (χ0v) is 41.9. The molecule has 2 fully saturated rings. The van der Waals surface area contributed by atoms with Gasteiger partial charge in [-0.2, -0.15) is 4.31 Å². The Hall–Kier alpha value is -3.08. The molecule has 17 nitrogen and oxygen atoms in total. The summed E-state index contributed by atoms with van der Waals surface area (Å²) in [6.45, 7) is 14.3. The Morgan fingerprint density at radius 1 is 0.969 bits per heavy atom. The maximum absolute atomic E-state index is 14.1. The van der Waals surface area contributed by atoms with Crippen molar-refractivity contribution in [3.05, 3.63) is 60.2 Å². The lowest BCUT2D eigenvalue weighted by atomic mass is 9.77. The Morgan fingerprint density at radius 2 is 1.61 bits per heavy atom. The largest absolute Gasteiger partial charge is 0.443 e. The van der Waals surface area contributed by atoms with E-state index < -0.39 is 63.9 Å². The predicted octanol–water partition coefficient (Wildman–Crippen LogP) is 5.33. The number of sulfone groups is 1. The van der Waals surface area contributed by atoms with Gasteiger partial charge in [-0.05, 0) is 85.6 Å². The summed E-state index contributed by atoms with van der Waals surface area (Å²) in [6.07, 6.45) is 3.29. The molecule has 6 N–H and O–H groups in total. The SMILES string of the molecule is CC(C)C(C)(C)CCCNC(=O)S(C)(=O)=O.CNc1cccc(S(=O)(=O)N(C[C@@H](O)[C@H](Cc2ccccc2)NC(=O)O[C@H]2CO[C@H]3OCC[C@H]32)CC(C)(C)CCCN)c1.CS(=O)(=O)Cl. The van der Waals surface area contributed by atoms with Gasteiger partial charge in [0.2, 0.25) is 28.9 Å². The van der Waals surface area contributed by atoms with Crippen molar-refractivity contribution in [1.82, 2.24) is 14.9 Å². The summed E-state index contributed by atoms with van der Waals surface area (Å²) >= 11 is 0. The fourth-order valence-electron chi connectivity index (χ4n) is 6.86. The number of amides is 2. The van der Waals surface area contributed by atoms with Gasteiger partial charge in [-0.3, -0.25) is 4.79 Å². The fourth-order valence-corrected chi connectivity index (χ4v) is 8.91. The Labute approximate surface area is 386 Å². The molecule has 0 aromatic heterocycles. The average Bonchev–Trinajstić information content (AvgIpc) is 3.83. The number of aliphatic hydroxyl groups is 1. The van der Waals surface area contributed by atoms with Gasteiger partial charge in [0, 0.05) is 49.3 Å². The molecule has 2 aromatic carbocycles. The molecule has 2 aromatic rings. The van der Waals surface area contributed by atoms with Crippen LogP contribution in [0, 0.1) is 22.7 Å². The van der Waals surface area contributed by atoms with Crippen molar-refractivity contribution >= 4 is 56.6 Å². The molecule has 0 spiro atoms. The Morgan fingerprint density at radius 3 is 2.19 bits per heavy atom. The summed E-state index contributed by atoms with van der Waals surface area (Å²) in [5.74, 6) is 0.533. The first kappa shape index (κ1) is 57.0. The second-order valence-corrected chi connectivity index (χ2v) is 24.9.